The Balaban J connectivity index is 1.83. The summed E-state index contributed by atoms with van der Waals surface area (Å²) in [6.07, 6.45) is 1.39. The lowest BCUT2D eigenvalue weighted by Crippen LogP contribution is -2.24. The van der Waals surface area contributed by atoms with E-state index in [2.05, 4.69) is 10.5 Å². The van der Waals surface area contributed by atoms with Crippen LogP contribution in [0.25, 0.3) is 0 Å². The summed E-state index contributed by atoms with van der Waals surface area (Å²) in [5, 5.41) is 13.6. The van der Waals surface area contributed by atoms with Gasteiger partial charge >= 0.3 is 0 Å². The van der Waals surface area contributed by atoms with Crippen molar-refractivity contribution in [1.29, 1.82) is 0 Å². The molecular formula is C17H18N2O3. The molecule has 5 nitrogen and oxygen atoms in total. The number of benzene rings is 2. The molecule has 2 aromatic rings. The molecule has 114 valence electrons. The number of phenolic OH excluding ortho intramolecular Hbond substituents is 1. The zero-order chi connectivity index (χ0) is 15.9. The van der Waals surface area contributed by atoms with Crippen LogP contribution in [0.1, 0.15) is 16.7 Å². The first kappa shape index (κ1) is 15.6. The molecule has 2 rings (SSSR count). The van der Waals surface area contributed by atoms with Gasteiger partial charge in [-0.3, -0.25) is 4.79 Å². The van der Waals surface area contributed by atoms with Gasteiger partial charge in [-0.15, -0.1) is 0 Å². The fourth-order valence-electron chi connectivity index (χ4n) is 1.78. The molecule has 0 heterocycles. The minimum Gasteiger partial charge on any atom is -0.507 e. The summed E-state index contributed by atoms with van der Waals surface area (Å²) in [5.74, 6) is 0.404. The van der Waals surface area contributed by atoms with E-state index in [-0.39, 0.29) is 18.3 Å². The number of ether oxygens (including phenoxy) is 1. The van der Waals surface area contributed by atoms with Crippen molar-refractivity contribution >= 4 is 12.1 Å². The largest absolute Gasteiger partial charge is 0.507 e. The number of hydrogen-bond acceptors (Lipinski definition) is 4. The number of carbonyl (C=O) groups is 1. The summed E-state index contributed by atoms with van der Waals surface area (Å²) in [6, 6.07) is 12.7. The third kappa shape index (κ3) is 4.34. The lowest BCUT2D eigenvalue weighted by Gasteiger charge is -2.05. The predicted octanol–water partition coefficient (Wildman–Crippen LogP) is 2.54. The zero-order valence-corrected chi connectivity index (χ0v) is 12.5. The topological polar surface area (TPSA) is 70.9 Å². The van der Waals surface area contributed by atoms with E-state index in [0.29, 0.717) is 11.3 Å². The average molecular weight is 298 g/mol. The third-order valence-corrected chi connectivity index (χ3v) is 3.05. The van der Waals surface area contributed by atoms with E-state index in [4.69, 9.17) is 4.74 Å². The number of para-hydroxylation sites is 1. The van der Waals surface area contributed by atoms with Crippen molar-refractivity contribution in [3.8, 4) is 11.5 Å². The highest BCUT2D eigenvalue weighted by molar-refractivity contribution is 5.85. The van der Waals surface area contributed by atoms with Crippen LogP contribution in [0.5, 0.6) is 11.5 Å². The number of nitrogens with zero attached hydrogens (tertiary/aromatic N) is 1. The van der Waals surface area contributed by atoms with Crippen LogP contribution in [0.4, 0.5) is 0 Å². The Labute approximate surface area is 129 Å². The molecule has 0 aliphatic rings. The number of nitrogens with one attached hydrogen (secondary N) is 1. The fourth-order valence-corrected chi connectivity index (χ4v) is 1.78. The molecule has 1 amide bonds. The number of rotatable bonds is 5. The molecule has 0 unspecified atom stereocenters. The van der Waals surface area contributed by atoms with Gasteiger partial charge in [0.1, 0.15) is 11.5 Å². The summed E-state index contributed by atoms with van der Waals surface area (Å²) in [4.78, 5) is 11.6. The van der Waals surface area contributed by atoms with E-state index >= 15 is 0 Å². The van der Waals surface area contributed by atoms with Gasteiger partial charge in [-0.1, -0.05) is 29.8 Å². The van der Waals surface area contributed by atoms with Crippen molar-refractivity contribution in [2.24, 2.45) is 5.10 Å². The maximum atomic E-state index is 11.6. The van der Waals surface area contributed by atoms with Gasteiger partial charge in [-0.05, 0) is 37.6 Å². The Morgan fingerprint density at radius 1 is 1.23 bits per heavy atom. The standard InChI is InChI=1S/C17H18N2O3/c1-12-6-8-15(9-7-12)22-11-16(20)19-18-10-14-5-3-4-13(2)17(14)21/h3-10,21H,11H2,1-2H3,(H,19,20)/b18-10-. The van der Waals surface area contributed by atoms with Gasteiger partial charge in [0, 0.05) is 5.56 Å². The van der Waals surface area contributed by atoms with E-state index in [9.17, 15) is 9.90 Å². The predicted molar refractivity (Wildman–Crippen MR) is 85.3 cm³/mol. The summed E-state index contributed by atoms with van der Waals surface area (Å²) in [5.41, 5.74) is 4.77. The number of aromatic hydroxyl groups is 1. The van der Waals surface area contributed by atoms with Crippen LogP contribution in [0, 0.1) is 13.8 Å². The highest BCUT2D eigenvalue weighted by Crippen LogP contribution is 2.19. The number of aryl methyl sites for hydroxylation is 2. The van der Waals surface area contributed by atoms with Gasteiger partial charge in [0.15, 0.2) is 6.61 Å². The SMILES string of the molecule is Cc1ccc(OCC(=O)N/N=C\c2cccc(C)c2O)cc1. The van der Waals surface area contributed by atoms with Crippen LogP contribution in [-0.2, 0) is 4.79 Å². The molecule has 0 radical (unpaired) electrons. The first-order valence-electron chi connectivity index (χ1n) is 6.86. The third-order valence-electron chi connectivity index (χ3n) is 3.05. The molecule has 0 aliphatic heterocycles. The smallest absolute Gasteiger partial charge is 0.277 e. The minimum atomic E-state index is -0.371. The first-order valence-corrected chi connectivity index (χ1v) is 6.86. The molecular weight excluding hydrogens is 280 g/mol. The van der Waals surface area contributed by atoms with E-state index in [0.717, 1.165) is 11.1 Å². The number of amides is 1. The minimum absolute atomic E-state index is 0.125. The zero-order valence-electron chi connectivity index (χ0n) is 12.5. The van der Waals surface area contributed by atoms with E-state index < -0.39 is 0 Å². The molecule has 2 N–H and O–H groups in total. The lowest BCUT2D eigenvalue weighted by atomic mass is 10.1. The highest BCUT2D eigenvalue weighted by atomic mass is 16.5. The van der Waals surface area contributed by atoms with Gasteiger partial charge in [-0.2, -0.15) is 5.10 Å². The van der Waals surface area contributed by atoms with Crippen molar-refractivity contribution < 1.29 is 14.6 Å². The van der Waals surface area contributed by atoms with Crippen LogP contribution in [0.3, 0.4) is 0 Å². The Kier molecular flexibility index (Phi) is 5.14. The van der Waals surface area contributed by atoms with Gasteiger partial charge in [0.05, 0.1) is 6.21 Å². The molecule has 22 heavy (non-hydrogen) atoms. The summed E-state index contributed by atoms with van der Waals surface area (Å²) in [7, 11) is 0. The van der Waals surface area contributed by atoms with Gasteiger partial charge in [0.2, 0.25) is 0 Å². The molecule has 0 aliphatic carbocycles. The van der Waals surface area contributed by atoms with Crippen molar-refractivity contribution in [2.75, 3.05) is 6.61 Å². The normalized spacial score (nSPS) is 10.6. The Morgan fingerprint density at radius 3 is 2.68 bits per heavy atom. The van der Waals surface area contributed by atoms with E-state index in [1.54, 1.807) is 37.3 Å². The molecule has 0 aromatic heterocycles. The first-order chi connectivity index (χ1) is 10.6. The molecule has 0 saturated carbocycles. The summed E-state index contributed by atoms with van der Waals surface area (Å²) in [6.45, 7) is 3.65. The molecule has 0 fully saturated rings. The number of phenols is 1. The summed E-state index contributed by atoms with van der Waals surface area (Å²) >= 11 is 0. The van der Waals surface area contributed by atoms with Gasteiger partial charge in [0.25, 0.3) is 5.91 Å². The molecule has 0 atom stereocenters. The van der Waals surface area contributed by atoms with Crippen LogP contribution in [0.15, 0.2) is 47.6 Å². The monoisotopic (exact) mass is 298 g/mol. The van der Waals surface area contributed by atoms with Crippen molar-refractivity contribution in [2.45, 2.75) is 13.8 Å². The Bertz CT molecular complexity index is 679. The average Bonchev–Trinajstić information content (AvgIpc) is 2.51. The van der Waals surface area contributed by atoms with Crippen LogP contribution < -0.4 is 10.2 Å². The Morgan fingerprint density at radius 2 is 1.95 bits per heavy atom. The maximum absolute atomic E-state index is 11.6. The van der Waals surface area contributed by atoms with Crippen LogP contribution in [-0.4, -0.2) is 23.8 Å². The quantitative estimate of drug-likeness (QED) is 0.658. The van der Waals surface area contributed by atoms with Crippen molar-refractivity contribution in [3.05, 3.63) is 59.2 Å². The second-order valence-corrected chi connectivity index (χ2v) is 4.91. The maximum Gasteiger partial charge on any atom is 0.277 e. The Hall–Kier alpha value is -2.82. The number of hydrogen-bond donors (Lipinski definition) is 2. The number of carbonyl (C=O) groups excluding carboxylic acids is 1. The van der Waals surface area contributed by atoms with Crippen LogP contribution >= 0.6 is 0 Å². The van der Waals surface area contributed by atoms with Crippen LogP contribution in [0.2, 0.25) is 0 Å². The van der Waals surface area contributed by atoms with E-state index in [1.165, 1.54) is 6.21 Å². The molecule has 2 aromatic carbocycles. The molecule has 5 heteroatoms. The fraction of sp³-hybridized carbons (Fsp3) is 0.176. The number of hydrazone groups is 1. The van der Waals surface area contributed by atoms with Crippen molar-refractivity contribution in [3.63, 3.8) is 0 Å². The lowest BCUT2D eigenvalue weighted by molar-refractivity contribution is -0.123. The second-order valence-electron chi connectivity index (χ2n) is 4.91. The van der Waals surface area contributed by atoms with E-state index in [1.807, 2.05) is 19.1 Å². The van der Waals surface area contributed by atoms with Gasteiger partial charge in [-0.25, -0.2) is 5.43 Å². The van der Waals surface area contributed by atoms with Crippen molar-refractivity contribution in [1.82, 2.24) is 5.43 Å². The second kappa shape index (κ2) is 7.26. The molecule has 0 saturated heterocycles. The highest BCUT2D eigenvalue weighted by Gasteiger charge is 2.03. The summed E-state index contributed by atoms with van der Waals surface area (Å²) < 4.78 is 5.33. The molecule has 0 spiro atoms. The molecule has 0 bridgehead atoms. The van der Waals surface area contributed by atoms with Gasteiger partial charge < -0.3 is 9.84 Å².